The average molecular weight is 282 g/mol. The Morgan fingerprint density at radius 1 is 1.15 bits per heavy atom. The number of fused-ring (bicyclic) bond motifs is 2. The second kappa shape index (κ2) is 4.11. The topological polar surface area (TPSA) is 55.5 Å². The molecule has 98 valence electrons. The smallest absolute Gasteiger partial charge is 0.269 e. The average Bonchev–Trinajstić information content (AvgIpc) is 3.10. The minimum atomic E-state index is -0.377. The highest BCUT2D eigenvalue weighted by Gasteiger charge is 2.29. The molecule has 0 saturated carbocycles. The Bertz CT molecular complexity index is 784. The monoisotopic (exact) mass is 282 g/mol. The van der Waals surface area contributed by atoms with Gasteiger partial charge in [0.2, 0.25) is 0 Å². The van der Waals surface area contributed by atoms with E-state index in [1.54, 1.807) is 35.6 Å². The molecule has 0 amide bonds. The fourth-order valence-corrected chi connectivity index (χ4v) is 3.76. The highest BCUT2D eigenvalue weighted by atomic mass is 32.1. The molecule has 0 radical (unpaired) electrons. The van der Waals surface area contributed by atoms with Gasteiger partial charge in [-0.05, 0) is 40.3 Å². The summed E-state index contributed by atoms with van der Waals surface area (Å²) in [4.78, 5) is 16.3. The van der Waals surface area contributed by atoms with Crippen molar-refractivity contribution in [1.29, 1.82) is 0 Å². The molecule has 0 saturated heterocycles. The van der Waals surface area contributed by atoms with Crippen molar-refractivity contribution in [3.05, 3.63) is 67.4 Å². The van der Waals surface area contributed by atoms with Crippen LogP contribution in [0.1, 0.15) is 16.0 Å². The minimum absolute atomic E-state index is 0.118. The molecule has 2 heterocycles. The van der Waals surface area contributed by atoms with Crippen LogP contribution in [0.25, 0.3) is 5.57 Å². The number of nitro groups is 1. The summed E-state index contributed by atoms with van der Waals surface area (Å²) in [5.41, 5.74) is 6.04. The van der Waals surface area contributed by atoms with Crippen LogP contribution in [-0.4, -0.2) is 17.2 Å². The number of hydrogen-bond acceptors (Lipinski definition) is 4. The summed E-state index contributed by atoms with van der Waals surface area (Å²) in [6.07, 6.45) is 0.943. The molecule has 0 N–H and O–H groups in total. The van der Waals surface area contributed by atoms with Crippen LogP contribution in [0, 0.1) is 10.1 Å². The van der Waals surface area contributed by atoms with Gasteiger partial charge in [-0.2, -0.15) is 0 Å². The molecule has 0 unspecified atom stereocenters. The Kier molecular flexibility index (Phi) is 2.37. The van der Waals surface area contributed by atoms with Crippen molar-refractivity contribution < 1.29 is 4.92 Å². The van der Waals surface area contributed by atoms with Crippen molar-refractivity contribution in [2.75, 3.05) is 6.54 Å². The molecule has 0 spiro atoms. The van der Waals surface area contributed by atoms with Crippen LogP contribution in [0.2, 0.25) is 0 Å². The van der Waals surface area contributed by atoms with Gasteiger partial charge in [-0.25, -0.2) is 0 Å². The summed E-state index contributed by atoms with van der Waals surface area (Å²) in [5.74, 6) is 0. The fraction of sp³-hybridized carbons (Fsp3) is 0.133. The molecule has 0 atom stereocenters. The first-order valence-corrected chi connectivity index (χ1v) is 7.20. The Labute approximate surface area is 119 Å². The Hall–Kier alpha value is -2.27. The van der Waals surface area contributed by atoms with Crippen molar-refractivity contribution in [2.45, 2.75) is 6.42 Å². The van der Waals surface area contributed by atoms with E-state index in [1.165, 1.54) is 21.6 Å². The van der Waals surface area contributed by atoms with E-state index in [9.17, 15) is 10.1 Å². The molecule has 4 rings (SSSR count). The lowest BCUT2D eigenvalue weighted by Crippen LogP contribution is -2.03. The summed E-state index contributed by atoms with van der Waals surface area (Å²) in [6.45, 7) is 0.728. The molecule has 4 nitrogen and oxygen atoms in total. The van der Waals surface area contributed by atoms with Gasteiger partial charge in [0, 0.05) is 29.0 Å². The molecule has 2 aliphatic rings. The maximum Gasteiger partial charge on any atom is 0.269 e. The Morgan fingerprint density at radius 2 is 1.95 bits per heavy atom. The van der Waals surface area contributed by atoms with Crippen molar-refractivity contribution >= 4 is 28.3 Å². The normalized spacial score (nSPS) is 16.1. The highest BCUT2D eigenvalue weighted by molar-refractivity contribution is 7.10. The first kappa shape index (κ1) is 11.5. The Morgan fingerprint density at radius 3 is 2.70 bits per heavy atom. The third-order valence-corrected chi connectivity index (χ3v) is 4.73. The van der Waals surface area contributed by atoms with Crippen molar-refractivity contribution in [3.63, 3.8) is 0 Å². The van der Waals surface area contributed by atoms with E-state index in [0.717, 1.165) is 24.2 Å². The number of aliphatic imine (C=N–C) groups is 1. The van der Waals surface area contributed by atoms with Gasteiger partial charge in [0.05, 0.1) is 17.2 Å². The number of nitrogens with zero attached hydrogens (tertiary/aromatic N) is 2. The number of non-ortho nitro benzene ring substituents is 1. The summed E-state index contributed by atoms with van der Waals surface area (Å²) in [6, 6.07) is 8.83. The third kappa shape index (κ3) is 1.56. The van der Waals surface area contributed by atoms with Gasteiger partial charge in [-0.1, -0.05) is 0 Å². The summed E-state index contributed by atoms with van der Waals surface area (Å²) in [7, 11) is 0. The number of allylic oxidation sites excluding steroid dienone is 1. The van der Waals surface area contributed by atoms with Crippen LogP contribution in [0.3, 0.4) is 0 Å². The van der Waals surface area contributed by atoms with E-state index in [4.69, 9.17) is 0 Å². The second-order valence-electron chi connectivity index (χ2n) is 4.86. The van der Waals surface area contributed by atoms with Crippen molar-refractivity contribution in [3.8, 4) is 0 Å². The molecule has 1 aromatic carbocycles. The number of benzene rings is 1. The predicted molar refractivity (Wildman–Crippen MR) is 79.4 cm³/mol. The summed E-state index contributed by atoms with van der Waals surface area (Å²) >= 11 is 1.79. The number of rotatable bonds is 2. The predicted octanol–water partition coefficient (Wildman–Crippen LogP) is 3.47. The maximum absolute atomic E-state index is 10.7. The quantitative estimate of drug-likeness (QED) is 0.625. The lowest BCUT2D eigenvalue weighted by Gasteiger charge is -2.04. The lowest BCUT2D eigenvalue weighted by molar-refractivity contribution is -0.384. The van der Waals surface area contributed by atoms with E-state index >= 15 is 0 Å². The third-order valence-electron chi connectivity index (χ3n) is 3.80. The SMILES string of the molecule is O=[N+]([O-])c1ccc(C2=NCC3=C2Cc2sccc23)cc1. The van der Waals surface area contributed by atoms with E-state index in [0.29, 0.717) is 0 Å². The van der Waals surface area contributed by atoms with Gasteiger partial charge in [0.25, 0.3) is 5.69 Å². The maximum atomic E-state index is 10.7. The van der Waals surface area contributed by atoms with E-state index in [1.807, 2.05) is 0 Å². The number of nitro benzene ring substituents is 1. The molecular formula is C15H10N2O2S. The molecule has 1 aliphatic heterocycles. The van der Waals surface area contributed by atoms with Gasteiger partial charge in [0.15, 0.2) is 0 Å². The Balaban J connectivity index is 1.71. The van der Waals surface area contributed by atoms with Crippen LogP contribution in [0.4, 0.5) is 5.69 Å². The summed E-state index contributed by atoms with van der Waals surface area (Å²) < 4.78 is 0. The lowest BCUT2D eigenvalue weighted by atomic mass is 10.0. The van der Waals surface area contributed by atoms with Gasteiger partial charge in [-0.15, -0.1) is 11.3 Å². The van der Waals surface area contributed by atoms with Crippen LogP contribution in [0.15, 0.2) is 46.3 Å². The molecule has 0 fully saturated rings. The highest BCUT2D eigenvalue weighted by Crippen LogP contribution is 2.41. The fourth-order valence-electron chi connectivity index (χ4n) is 2.84. The molecule has 0 bridgehead atoms. The molecule has 1 aliphatic carbocycles. The zero-order valence-corrected chi connectivity index (χ0v) is 11.3. The first-order valence-electron chi connectivity index (χ1n) is 6.32. The molecular weight excluding hydrogens is 272 g/mol. The van der Waals surface area contributed by atoms with Crippen molar-refractivity contribution in [2.24, 2.45) is 4.99 Å². The molecule has 20 heavy (non-hydrogen) atoms. The zero-order valence-electron chi connectivity index (χ0n) is 10.5. The minimum Gasteiger partial charge on any atom is -0.280 e. The summed E-state index contributed by atoms with van der Waals surface area (Å²) in [5, 5.41) is 12.8. The van der Waals surface area contributed by atoms with E-state index in [-0.39, 0.29) is 10.6 Å². The zero-order chi connectivity index (χ0) is 13.7. The number of thiophene rings is 1. The standard InChI is InChI=1S/C15H10N2O2S/c18-17(19)10-3-1-9(2-4-10)15-12-7-14-11(5-6-20-14)13(12)8-16-15/h1-6H,7-8H2. The van der Waals surface area contributed by atoms with Crippen LogP contribution in [0.5, 0.6) is 0 Å². The van der Waals surface area contributed by atoms with Crippen LogP contribution in [-0.2, 0) is 6.42 Å². The van der Waals surface area contributed by atoms with Gasteiger partial charge >= 0.3 is 0 Å². The van der Waals surface area contributed by atoms with E-state index in [2.05, 4.69) is 16.4 Å². The first-order chi connectivity index (χ1) is 9.74. The largest absolute Gasteiger partial charge is 0.280 e. The second-order valence-corrected chi connectivity index (χ2v) is 5.86. The van der Waals surface area contributed by atoms with Gasteiger partial charge < -0.3 is 0 Å². The molecule has 2 aromatic rings. The van der Waals surface area contributed by atoms with Gasteiger partial charge in [0.1, 0.15) is 0 Å². The van der Waals surface area contributed by atoms with Crippen molar-refractivity contribution in [1.82, 2.24) is 0 Å². The van der Waals surface area contributed by atoms with Crippen LogP contribution >= 0.6 is 11.3 Å². The molecule has 5 heteroatoms. The van der Waals surface area contributed by atoms with Gasteiger partial charge in [-0.3, -0.25) is 15.1 Å². The van der Waals surface area contributed by atoms with Crippen LogP contribution < -0.4 is 0 Å². The van der Waals surface area contributed by atoms with E-state index < -0.39 is 0 Å². The number of hydrogen-bond donors (Lipinski definition) is 0. The molecule has 1 aromatic heterocycles.